The first-order valence-electron chi connectivity index (χ1n) is 6.76. The van der Waals surface area contributed by atoms with Gasteiger partial charge in [-0.05, 0) is 54.6 Å². The van der Waals surface area contributed by atoms with Crippen LogP contribution in [0.15, 0.2) is 72.8 Å². The predicted octanol–water partition coefficient (Wildman–Crippen LogP) is 6.53. The van der Waals surface area contributed by atoms with E-state index < -0.39 is 0 Å². The third-order valence-electron chi connectivity index (χ3n) is 3.04. The lowest BCUT2D eigenvalue weighted by molar-refractivity contribution is 0.483. The highest BCUT2D eigenvalue weighted by Crippen LogP contribution is 2.32. The second-order valence-corrected chi connectivity index (χ2v) is 5.54. The quantitative estimate of drug-likeness (QED) is 0.587. The second kappa shape index (κ2) is 6.73. The van der Waals surface area contributed by atoms with Crippen LogP contribution in [0.5, 0.6) is 11.5 Å². The van der Waals surface area contributed by atoms with Crippen LogP contribution in [0.2, 0.25) is 10.0 Å². The summed E-state index contributed by atoms with van der Waals surface area (Å²) < 4.78 is 5.75. The minimum Gasteiger partial charge on any atom is -0.456 e. The molecular weight excluding hydrogens is 317 g/mol. The van der Waals surface area contributed by atoms with Crippen molar-refractivity contribution in [3.8, 4) is 11.5 Å². The zero-order valence-electron chi connectivity index (χ0n) is 11.6. The Balaban J connectivity index is 1.71. The van der Waals surface area contributed by atoms with E-state index in [1.165, 1.54) is 0 Å². The summed E-state index contributed by atoms with van der Waals surface area (Å²) in [6, 6.07) is 22.8. The van der Waals surface area contributed by atoms with Crippen LogP contribution >= 0.6 is 23.2 Å². The number of halogens is 2. The molecule has 0 heterocycles. The molecular formula is C18H13Cl2NO. The average molecular weight is 330 g/mol. The molecule has 4 heteroatoms. The summed E-state index contributed by atoms with van der Waals surface area (Å²) in [5.74, 6) is 1.29. The number of anilines is 2. The van der Waals surface area contributed by atoms with E-state index >= 15 is 0 Å². The molecule has 22 heavy (non-hydrogen) atoms. The zero-order chi connectivity index (χ0) is 15.4. The van der Waals surface area contributed by atoms with Crippen molar-refractivity contribution in [3.63, 3.8) is 0 Å². The van der Waals surface area contributed by atoms with Crippen molar-refractivity contribution in [2.24, 2.45) is 0 Å². The number of hydrogen-bond donors (Lipinski definition) is 1. The molecule has 0 aliphatic heterocycles. The van der Waals surface area contributed by atoms with Gasteiger partial charge in [-0.2, -0.15) is 0 Å². The Morgan fingerprint density at radius 1 is 0.727 bits per heavy atom. The summed E-state index contributed by atoms with van der Waals surface area (Å²) in [6.07, 6.45) is 0. The van der Waals surface area contributed by atoms with E-state index in [2.05, 4.69) is 5.32 Å². The fourth-order valence-corrected chi connectivity index (χ4v) is 2.43. The van der Waals surface area contributed by atoms with E-state index in [-0.39, 0.29) is 0 Å². The normalized spacial score (nSPS) is 10.3. The molecule has 0 bridgehead atoms. The SMILES string of the molecule is Clc1ccc(Oc2ccc(Nc3ccccc3)cc2)c(Cl)c1. The standard InChI is InChI=1S/C18H13Cl2NO/c19-13-6-11-18(17(20)12-13)22-16-9-7-15(8-10-16)21-14-4-2-1-3-5-14/h1-12,21H. The van der Waals surface area contributed by atoms with Crippen molar-refractivity contribution in [2.75, 3.05) is 5.32 Å². The van der Waals surface area contributed by atoms with Gasteiger partial charge in [0.15, 0.2) is 0 Å². The van der Waals surface area contributed by atoms with Crippen molar-refractivity contribution in [2.45, 2.75) is 0 Å². The van der Waals surface area contributed by atoms with Gasteiger partial charge < -0.3 is 10.1 Å². The van der Waals surface area contributed by atoms with Crippen molar-refractivity contribution >= 4 is 34.6 Å². The largest absolute Gasteiger partial charge is 0.456 e. The molecule has 0 aliphatic carbocycles. The fourth-order valence-electron chi connectivity index (χ4n) is 1.98. The van der Waals surface area contributed by atoms with Crippen LogP contribution in [0.1, 0.15) is 0 Å². The van der Waals surface area contributed by atoms with Crippen LogP contribution in [0, 0.1) is 0 Å². The Hall–Kier alpha value is -2.16. The molecule has 0 saturated carbocycles. The highest BCUT2D eigenvalue weighted by Gasteiger charge is 2.04. The van der Waals surface area contributed by atoms with Crippen LogP contribution < -0.4 is 10.1 Å². The summed E-state index contributed by atoms with van der Waals surface area (Å²) in [5.41, 5.74) is 2.03. The monoisotopic (exact) mass is 329 g/mol. The first kappa shape index (κ1) is 14.8. The van der Waals surface area contributed by atoms with E-state index in [0.717, 1.165) is 11.4 Å². The van der Waals surface area contributed by atoms with Gasteiger partial charge in [-0.25, -0.2) is 0 Å². The minimum absolute atomic E-state index is 0.485. The summed E-state index contributed by atoms with van der Waals surface area (Å²) in [6.45, 7) is 0. The fraction of sp³-hybridized carbons (Fsp3) is 0. The number of ether oxygens (including phenoxy) is 1. The Morgan fingerprint density at radius 3 is 2.09 bits per heavy atom. The van der Waals surface area contributed by atoms with E-state index in [1.54, 1.807) is 18.2 Å². The summed E-state index contributed by atoms with van der Waals surface area (Å²) in [5, 5.41) is 4.38. The molecule has 110 valence electrons. The molecule has 0 spiro atoms. The number of rotatable bonds is 4. The first-order chi connectivity index (χ1) is 10.7. The van der Waals surface area contributed by atoms with E-state index in [0.29, 0.717) is 21.5 Å². The third-order valence-corrected chi connectivity index (χ3v) is 3.57. The van der Waals surface area contributed by atoms with Gasteiger partial charge in [0, 0.05) is 16.4 Å². The van der Waals surface area contributed by atoms with Gasteiger partial charge in [-0.15, -0.1) is 0 Å². The second-order valence-electron chi connectivity index (χ2n) is 4.69. The molecule has 0 aliphatic rings. The molecule has 0 amide bonds. The summed E-state index contributed by atoms with van der Waals surface area (Å²) >= 11 is 12.0. The molecule has 2 nitrogen and oxygen atoms in total. The summed E-state index contributed by atoms with van der Waals surface area (Å²) in [7, 11) is 0. The van der Waals surface area contributed by atoms with Gasteiger partial charge in [0.25, 0.3) is 0 Å². The van der Waals surface area contributed by atoms with Gasteiger partial charge in [0.05, 0.1) is 5.02 Å². The highest BCUT2D eigenvalue weighted by atomic mass is 35.5. The topological polar surface area (TPSA) is 21.3 Å². The molecule has 0 aromatic heterocycles. The van der Waals surface area contributed by atoms with E-state index in [9.17, 15) is 0 Å². The lowest BCUT2D eigenvalue weighted by atomic mass is 10.2. The predicted molar refractivity (Wildman–Crippen MR) is 92.7 cm³/mol. The van der Waals surface area contributed by atoms with Crippen LogP contribution in [0.3, 0.4) is 0 Å². The van der Waals surface area contributed by atoms with Gasteiger partial charge in [-0.3, -0.25) is 0 Å². The Labute approximate surface area is 139 Å². The van der Waals surface area contributed by atoms with Gasteiger partial charge in [0.2, 0.25) is 0 Å². The van der Waals surface area contributed by atoms with Crippen LogP contribution in [-0.4, -0.2) is 0 Å². The molecule has 3 rings (SSSR count). The van der Waals surface area contributed by atoms with Crippen molar-refractivity contribution in [1.82, 2.24) is 0 Å². The number of hydrogen-bond acceptors (Lipinski definition) is 2. The van der Waals surface area contributed by atoms with Gasteiger partial charge in [-0.1, -0.05) is 41.4 Å². The van der Waals surface area contributed by atoms with Gasteiger partial charge >= 0.3 is 0 Å². The van der Waals surface area contributed by atoms with Crippen LogP contribution in [-0.2, 0) is 0 Å². The van der Waals surface area contributed by atoms with E-state index in [1.807, 2.05) is 54.6 Å². The van der Waals surface area contributed by atoms with Crippen molar-refractivity contribution in [3.05, 3.63) is 82.8 Å². The molecule has 1 N–H and O–H groups in total. The Morgan fingerprint density at radius 2 is 1.41 bits per heavy atom. The number of para-hydroxylation sites is 1. The molecule has 0 unspecified atom stereocenters. The molecule has 0 fully saturated rings. The molecule has 0 saturated heterocycles. The summed E-state index contributed by atoms with van der Waals surface area (Å²) in [4.78, 5) is 0. The molecule has 3 aromatic carbocycles. The molecule has 0 radical (unpaired) electrons. The first-order valence-corrected chi connectivity index (χ1v) is 7.51. The number of benzene rings is 3. The maximum Gasteiger partial charge on any atom is 0.146 e. The maximum absolute atomic E-state index is 6.10. The van der Waals surface area contributed by atoms with Crippen molar-refractivity contribution < 1.29 is 4.74 Å². The molecule has 3 aromatic rings. The Kier molecular flexibility index (Phi) is 4.52. The highest BCUT2D eigenvalue weighted by molar-refractivity contribution is 6.35. The zero-order valence-corrected chi connectivity index (χ0v) is 13.1. The minimum atomic E-state index is 0.485. The van der Waals surface area contributed by atoms with Gasteiger partial charge in [0.1, 0.15) is 11.5 Å². The maximum atomic E-state index is 6.10. The lowest BCUT2D eigenvalue weighted by Crippen LogP contribution is -1.90. The van der Waals surface area contributed by atoms with Crippen molar-refractivity contribution in [1.29, 1.82) is 0 Å². The average Bonchev–Trinajstić information content (AvgIpc) is 2.53. The van der Waals surface area contributed by atoms with Crippen LogP contribution in [0.4, 0.5) is 11.4 Å². The van der Waals surface area contributed by atoms with E-state index in [4.69, 9.17) is 27.9 Å². The third kappa shape index (κ3) is 3.73. The smallest absolute Gasteiger partial charge is 0.146 e. The lowest BCUT2D eigenvalue weighted by Gasteiger charge is -2.10. The number of nitrogens with one attached hydrogen (secondary N) is 1. The molecule has 0 atom stereocenters. The van der Waals surface area contributed by atoms with Crippen LogP contribution in [0.25, 0.3) is 0 Å². The Bertz CT molecular complexity index is 758.